The predicted molar refractivity (Wildman–Crippen MR) is 50.2 cm³/mol. The summed E-state index contributed by atoms with van der Waals surface area (Å²) in [5.41, 5.74) is 5.41. The van der Waals surface area contributed by atoms with Gasteiger partial charge in [-0.15, -0.1) is 0 Å². The maximum absolute atomic E-state index is 11.1. The molecule has 1 amide bonds. The van der Waals surface area contributed by atoms with Gasteiger partial charge in [-0.2, -0.15) is 0 Å². The summed E-state index contributed by atoms with van der Waals surface area (Å²) >= 11 is 0. The van der Waals surface area contributed by atoms with E-state index in [1.54, 1.807) is 6.92 Å². The summed E-state index contributed by atoms with van der Waals surface area (Å²) in [4.78, 5) is 11.1. The molecular formula is C9H18N2O2. The van der Waals surface area contributed by atoms with Crippen LogP contribution in [0.3, 0.4) is 0 Å². The van der Waals surface area contributed by atoms with Gasteiger partial charge in [0.15, 0.2) is 0 Å². The Bertz CT molecular complexity index is 182. The molecule has 1 rings (SSSR count). The van der Waals surface area contributed by atoms with Crippen LogP contribution in [0.4, 0.5) is 0 Å². The first kappa shape index (κ1) is 10.5. The van der Waals surface area contributed by atoms with Crippen molar-refractivity contribution in [1.29, 1.82) is 0 Å². The van der Waals surface area contributed by atoms with Crippen molar-refractivity contribution < 1.29 is 9.53 Å². The van der Waals surface area contributed by atoms with Gasteiger partial charge in [0, 0.05) is 19.1 Å². The Morgan fingerprint density at radius 1 is 1.77 bits per heavy atom. The third-order valence-corrected chi connectivity index (χ3v) is 2.49. The standard InChI is InChI=1S/C9H18N2O2/c1-6(10)9(12)11-5-8-3-4-13-7(8)2/h6-8H,3-5,10H2,1-2H3,(H,11,12)/t6-,7?,8?/m0/s1. The molecule has 0 aromatic rings. The molecule has 1 aliphatic heterocycles. The fourth-order valence-electron chi connectivity index (χ4n) is 1.44. The van der Waals surface area contributed by atoms with E-state index in [9.17, 15) is 4.79 Å². The maximum Gasteiger partial charge on any atom is 0.236 e. The smallest absolute Gasteiger partial charge is 0.236 e. The maximum atomic E-state index is 11.1. The lowest BCUT2D eigenvalue weighted by Crippen LogP contribution is -2.41. The molecule has 1 heterocycles. The summed E-state index contributed by atoms with van der Waals surface area (Å²) < 4.78 is 5.38. The van der Waals surface area contributed by atoms with Crippen molar-refractivity contribution in [2.24, 2.45) is 11.7 Å². The summed E-state index contributed by atoms with van der Waals surface area (Å²) in [6.45, 7) is 5.21. The van der Waals surface area contributed by atoms with Gasteiger partial charge >= 0.3 is 0 Å². The quantitative estimate of drug-likeness (QED) is 0.645. The van der Waals surface area contributed by atoms with Crippen LogP contribution in [0.15, 0.2) is 0 Å². The molecule has 76 valence electrons. The molecule has 0 spiro atoms. The average molecular weight is 186 g/mol. The van der Waals surface area contributed by atoms with Gasteiger partial charge < -0.3 is 15.8 Å². The van der Waals surface area contributed by atoms with E-state index in [4.69, 9.17) is 10.5 Å². The highest BCUT2D eigenvalue weighted by atomic mass is 16.5. The monoisotopic (exact) mass is 186 g/mol. The summed E-state index contributed by atoms with van der Waals surface area (Å²) in [5, 5.41) is 2.81. The number of hydrogen-bond donors (Lipinski definition) is 2. The number of carbonyl (C=O) groups is 1. The molecule has 0 bridgehead atoms. The molecule has 13 heavy (non-hydrogen) atoms. The third-order valence-electron chi connectivity index (χ3n) is 2.49. The van der Waals surface area contributed by atoms with Gasteiger partial charge in [0.05, 0.1) is 12.1 Å². The summed E-state index contributed by atoms with van der Waals surface area (Å²) in [7, 11) is 0. The van der Waals surface area contributed by atoms with Gasteiger partial charge in [0.25, 0.3) is 0 Å². The van der Waals surface area contributed by atoms with E-state index in [0.29, 0.717) is 12.5 Å². The first-order chi connectivity index (χ1) is 6.11. The van der Waals surface area contributed by atoms with E-state index in [0.717, 1.165) is 13.0 Å². The lowest BCUT2D eigenvalue weighted by atomic mass is 10.0. The fourth-order valence-corrected chi connectivity index (χ4v) is 1.44. The van der Waals surface area contributed by atoms with Crippen molar-refractivity contribution >= 4 is 5.91 Å². The number of amides is 1. The number of rotatable bonds is 3. The topological polar surface area (TPSA) is 64.3 Å². The largest absolute Gasteiger partial charge is 0.378 e. The second-order valence-electron chi connectivity index (χ2n) is 3.66. The molecule has 0 aromatic carbocycles. The molecule has 1 saturated heterocycles. The Balaban J connectivity index is 2.22. The van der Waals surface area contributed by atoms with Crippen molar-refractivity contribution in [2.75, 3.05) is 13.2 Å². The molecule has 0 radical (unpaired) electrons. The summed E-state index contributed by atoms with van der Waals surface area (Å²) in [5.74, 6) is 0.363. The molecule has 4 nitrogen and oxygen atoms in total. The molecule has 0 saturated carbocycles. The van der Waals surface area contributed by atoms with E-state index >= 15 is 0 Å². The van der Waals surface area contributed by atoms with Gasteiger partial charge in [-0.3, -0.25) is 4.79 Å². The highest BCUT2D eigenvalue weighted by Crippen LogP contribution is 2.19. The van der Waals surface area contributed by atoms with Crippen LogP contribution in [-0.2, 0) is 9.53 Å². The Kier molecular flexibility index (Phi) is 3.69. The Hall–Kier alpha value is -0.610. The average Bonchev–Trinajstić information content (AvgIpc) is 2.47. The molecule has 0 aromatic heterocycles. The van der Waals surface area contributed by atoms with E-state index in [1.165, 1.54) is 0 Å². The summed E-state index contributed by atoms with van der Waals surface area (Å²) in [6, 6.07) is -0.419. The van der Waals surface area contributed by atoms with Crippen LogP contribution in [0.2, 0.25) is 0 Å². The molecule has 0 aliphatic carbocycles. The first-order valence-corrected chi connectivity index (χ1v) is 4.76. The highest BCUT2D eigenvalue weighted by molar-refractivity contribution is 5.80. The van der Waals surface area contributed by atoms with Gasteiger partial charge in [0.1, 0.15) is 0 Å². The van der Waals surface area contributed by atoms with Crippen molar-refractivity contribution in [3.05, 3.63) is 0 Å². The van der Waals surface area contributed by atoms with E-state index < -0.39 is 6.04 Å². The van der Waals surface area contributed by atoms with E-state index in [2.05, 4.69) is 5.32 Å². The minimum Gasteiger partial charge on any atom is -0.378 e. The summed E-state index contributed by atoms with van der Waals surface area (Å²) in [6.07, 6.45) is 1.29. The second-order valence-corrected chi connectivity index (χ2v) is 3.66. The van der Waals surface area contributed by atoms with Crippen LogP contribution in [0, 0.1) is 5.92 Å². The Morgan fingerprint density at radius 3 is 2.92 bits per heavy atom. The minimum atomic E-state index is -0.419. The molecular weight excluding hydrogens is 168 g/mol. The van der Waals surface area contributed by atoms with Crippen molar-refractivity contribution in [2.45, 2.75) is 32.4 Å². The van der Waals surface area contributed by atoms with Crippen LogP contribution >= 0.6 is 0 Å². The van der Waals surface area contributed by atoms with E-state index in [-0.39, 0.29) is 12.0 Å². The lowest BCUT2D eigenvalue weighted by Gasteiger charge is -2.15. The van der Waals surface area contributed by atoms with E-state index in [1.807, 2.05) is 6.92 Å². The van der Waals surface area contributed by atoms with Crippen LogP contribution in [-0.4, -0.2) is 31.2 Å². The number of nitrogens with one attached hydrogen (secondary N) is 1. The minimum absolute atomic E-state index is 0.0842. The fraction of sp³-hybridized carbons (Fsp3) is 0.889. The van der Waals surface area contributed by atoms with Crippen LogP contribution in [0.1, 0.15) is 20.3 Å². The molecule has 1 fully saturated rings. The van der Waals surface area contributed by atoms with Gasteiger partial charge in [-0.05, 0) is 20.3 Å². The zero-order chi connectivity index (χ0) is 9.84. The number of ether oxygens (including phenoxy) is 1. The zero-order valence-corrected chi connectivity index (χ0v) is 8.25. The van der Waals surface area contributed by atoms with Crippen LogP contribution in [0.5, 0.6) is 0 Å². The van der Waals surface area contributed by atoms with Crippen molar-refractivity contribution in [3.8, 4) is 0 Å². The Morgan fingerprint density at radius 2 is 2.46 bits per heavy atom. The SMILES string of the molecule is CC1OCCC1CNC(=O)[C@H](C)N. The van der Waals surface area contributed by atoms with Gasteiger partial charge in [0.2, 0.25) is 5.91 Å². The molecule has 3 atom stereocenters. The molecule has 4 heteroatoms. The normalized spacial score (nSPS) is 30.1. The number of hydrogen-bond acceptors (Lipinski definition) is 3. The molecule has 2 unspecified atom stereocenters. The van der Waals surface area contributed by atoms with Crippen LogP contribution < -0.4 is 11.1 Å². The molecule has 3 N–H and O–H groups in total. The first-order valence-electron chi connectivity index (χ1n) is 4.76. The highest BCUT2D eigenvalue weighted by Gasteiger charge is 2.24. The molecule has 1 aliphatic rings. The van der Waals surface area contributed by atoms with Crippen LogP contribution in [0.25, 0.3) is 0 Å². The third kappa shape index (κ3) is 2.97. The number of nitrogens with two attached hydrogens (primary N) is 1. The zero-order valence-electron chi connectivity index (χ0n) is 8.25. The predicted octanol–water partition coefficient (Wildman–Crippen LogP) is -0.125. The second kappa shape index (κ2) is 4.58. The lowest BCUT2D eigenvalue weighted by molar-refractivity contribution is -0.122. The van der Waals surface area contributed by atoms with Crippen molar-refractivity contribution in [3.63, 3.8) is 0 Å². The van der Waals surface area contributed by atoms with Gasteiger partial charge in [-0.25, -0.2) is 0 Å². The van der Waals surface area contributed by atoms with Gasteiger partial charge in [-0.1, -0.05) is 0 Å². The number of carbonyl (C=O) groups excluding carboxylic acids is 1. The Labute approximate surface area is 78.8 Å². The van der Waals surface area contributed by atoms with Crippen molar-refractivity contribution in [1.82, 2.24) is 5.32 Å².